The van der Waals surface area contributed by atoms with E-state index in [9.17, 15) is 14.7 Å². The van der Waals surface area contributed by atoms with Crippen LogP contribution in [0.15, 0.2) is 30.5 Å². The van der Waals surface area contributed by atoms with E-state index in [1.165, 1.54) is 11.8 Å². The number of aromatic carboxylic acids is 1. The number of amides is 1. The molecule has 1 aromatic carbocycles. The molecule has 1 aromatic heterocycles. The van der Waals surface area contributed by atoms with Gasteiger partial charge >= 0.3 is 5.97 Å². The van der Waals surface area contributed by atoms with Crippen LogP contribution < -0.4 is 0 Å². The van der Waals surface area contributed by atoms with Crippen LogP contribution >= 0.6 is 11.8 Å². The average molecular weight is 385 g/mol. The van der Waals surface area contributed by atoms with Gasteiger partial charge in [0.25, 0.3) is 0 Å². The fourth-order valence-electron chi connectivity index (χ4n) is 4.10. The normalized spacial score (nSPS) is 20.3. The van der Waals surface area contributed by atoms with E-state index in [4.69, 9.17) is 0 Å². The van der Waals surface area contributed by atoms with Crippen molar-refractivity contribution < 1.29 is 14.7 Å². The highest BCUT2D eigenvalue weighted by atomic mass is 32.2. The fraction of sp³-hybridized carbons (Fsp3) is 0.450. The quantitative estimate of drug-likeness (QED) is 0.879. The molecule has 1 saturated heterocycles. The van der Waals surface area contributed by atoms with Gasteiger partial charge in [-0.15, -0.1) is 11.8 Å². The Balaban J connectivity index is 1.44. The van der Waals surface area contributed by atoms with Gasteiger partial charge in [-0.05, 0) is 43.1 Å². The Morgan fingerprint density at radius 1 is 1.22 bits per heavy atom. The molecule has 1 fully saturated rings. The molecule has 27 heavy (non-hydrogen) atoms. The zero-order valence-electron chi connectivity index (χ0n) is 15.3. The number of aromatic nitrogens is 2. The highest BCUT2D eigenvalue weighted by Gasteiger charge is 2.33. The number of nitrogens with zero attached hydrogens (tertiary/aromatic N) is 3. The molecule has 2 aliphatic heterocycles. The SMILES string of the molecule is Cc1c(C(=O)O)cnn1C1CCN(C(=O)C2SCCc3ccccc32)CC1. The van der Waals surface area contributed by atoms with Gasteiger partial charge < -0.3 is 10.0 Å². The lowest BCUT2D eigenvalue weighted by Crippen LogP contribution is -2.41. The molecule has 7 heteroatoms. The second-order valence-corrected chi connectivity index (χ2v) is 8.36. The number of likely N-dealkylation sites (tertiary alicyclic amines) is 1. The van der Waals surface area contributed by atoms with Crippen molar-refractivity contribution >= 4 is 23.6 Å². The molecule has 4 rings (SSSR count). The van der Waals surface area contributed by atoms with Gasteiger partial charge in [0.1, 0.15) is 10.8 Å². The summed E-state index contributed by atoms with van der Waals surface area (Å²) in [5.41, 5.74) is 3.39. The largest absolute Gasteiger partial charge is 0.478 e. The van der Waals surface area contributed by atoms with Crippen LogP contribution in [0.3, 0.4) is 0 Å². The number of rotatable bonds is 3. The molecule has 2 aliphatic rings. The van der Waals surface area contributed by atoms with Crippen LogP contribution in [0, 0.1) is 6.92 Å². The van der Waals surface area contributed by atoms with Crippen LogP contribution in [-0.2, 0) is 11.2 Å². The average Bonchev–Trinajstić information content (AvgIpc) is 3.09. The van der Waals surface area contributed by atoms with Crippen molar-refractivity contribution in [3.63, 3.8) is 0 Å². The van der Waals surface area contributed by atoms with Gasteiger partial charge in [-0.25, -0.2) is 4.79 Å². The van der Waals surface area contributed by atoms with Crippen molar-refractivity contribution in [1.82, 2.24) is 14.7 Å². The standard InChI is InChI=1S/C20H23N3O3S/c1-13-17(20(25)26)12-21-23(13)15-6-9-22(10-7-15)19(24)18-16-5-3-2-4-14(16)8-11-27-18/h2-5,12,15,18H,6-11H2,1H3,(H,25,26). The van der Waals surface area contributed by atoms with Crippen molar-refractivity contribution in [2.75, 3.05) is 18.8 Å². The molecular weight excluding hydrogens is 362 g/mol. The lowest BCUT2D eigenvalue weighted by atomic mass is 9.99. The molecule has 0 aliphatic carbocycles. The van der Waals surface area contributed by atoms with Crippen molar-refractivity contribution in [3.05, 3.63) is 52.8 Å². The first-order chi connectivity index (χ1) is 13.1. The molecule has 0 spiro atoms. The smallest absolute Gasteiger partial charge is 0.339 e. The molecule has 1 amide bonds. The van der Waals surface area contributed by atoms with Gasteiger partial charge in [0.2, 0.25) is 5.91 Å². The monoisotopic (exact) mass is 385 g/mol. The first kappa shape index (κ1) is 18.1. The first-order valence-corrected chi connectivity index (χ1v) is 10.4. The van der Waals surface area contributed by atoms with E-state index >= 15 is 0 Å². The second kappa shape index (κ2) is 7.38. The van der Waals surface area contributed by atoms with Gasteiger partial charge in [0, 0.05) is 13.1 Å². The van der Waals surface area contributed by atoms with Crippen LogP contribution in [0.4, 0.5) is 0 Å². The summed E-state index contributed by atoms with van der Waals surface area (Å²) in [6, 6.07) is 8.41. The summed E-state index contributed by atoms with van der Waals surface area (Å²) in [6.45, 7) is 3.17. The Hall–Kier alpha value is -2.28. The molecule has 1 atom stereocenters. The zero-order chi connectivity index (χ0) is 19.0. The Morgan fingerprint density at radius 2 is 1.96 bits per heavy atom. The lowest BCUT2D eigenvalue weighted by molar-refractivity contribution is -0.132. The minimum absolute atomic E-state index is 0.100. The van der Waals surface area contributed by atoms with Crippen LogP contribution in [0.5, 0.6) is 0 Å². The summed E-state index contributed by atoms with van der Waals surface area (Å²) in [5, 5.41) is 13.4. The molecule has 0 radical (unpaired) electrons. The van der Waals surface area contributed by atoms with E-state index in [0.717, 1.165) is 30.6 Å². The van der Waals surface area contributed by atoms with Crippen molar-refractivity contribution in [1.29, 1.82) is 0 Å². The van der Waals surface area contributed by atoms with Gasteiger partial charge in [-0.1, -0.05) is 24.3 Å². The van der Waals surface area contributed by atoms with Gasteiger partial charge in [0.05, 0.1) is 17.9 Å². The minimum atomic E-state index is -0.945. The summed E-state index contributed by atoms with van der Waals surface area (Å²) in [4.78, 5) is 26.3. The van der Waals surface area contributed by atoms with E-state index in [1.807, 2.05) is 21.7 Å². The van der Waals surface area contributed by atoms with E-state index in [2.05, 4.69) is 17.2 Å². The fourth-order valence-corrected chi connectivity index (χ4v) is 5.37. The maximum atomic E-state index is 13.1. The van der Waals surface area contributed by atoms with Crippen molar-refractivity contribution in [3.8, 4) is 0 Å². The predicted octanol–water partition coefficient (Wildman–Crippen LogP) is 3.08. The molecule has 6 nitrogen and oxygen atoms in total. The summed E-state index contributed by atoms with van der Waals surface area (Å²) in [7, 11) is 0. The third-order valence-corrected chi connectivity index (χ3v) is 6.84. The van der Waals surface area contributed by atoms with E-state index in [0.29, 0.717) is 18.8 Å². The molecule has 142 valence electrons. The molecule has 0 saturated carbocycles. The summed E-state index contributed by atoms with van der Waals surface area (Å²) in [6.07, 6.45) is 4.04. The second-order valence-electron chi connectivity index (χ2n) is 7.15. The predicted molar refractivity (Wildman–Crippen MR) is 104 cm³/mol. The van der Waals surface area contributed by atoms with Crippen molar-refractivity contribution in [2.45, 2.75) is 37.5 Å². The summed E-state index contributed by atoms with van der Waals surface area (Å²) < 4.78 is 1.82. The number of benzene rings is 1. The Kier molecular flexibility index (Phi) is 4.95. The summed E-state index contributed by atoms with van der Waals surface area (Å²) >= 11 is 1.74. The number of fused-ring (bicyclic) bond motifs is 1. The number of hydrogen-bond acceptors (Lipinski definition) is 4. The first-order valence-electron chi connectivity index (χ1n) is 9.32. The number of aryl methyl sites for hydroxylation is 1. The van der Waals surface area contributed by atoms with Crippen LogP contribution in [0.2, 0.25) is 0 Å². The Morgan fingerprint density at radius 3 is 2.67 bits per heavy atom. The minimum Gasteiger partial charge on any atom is -0.478 e. The van der Waals surface area contributed by atoms with Crippen LogP contribution in [0.25, 0.3) is 0 Å². The Labute approximate surface area is 162 Å². The maximum Gasteiger partial charge on any atom is 0.339 e. The highest BCUT2D eigenvalue weighted by molar-refractivity contribution is 8.00. The lowest BCUT2D eigenvalue weighted by Gasteiger charge is -2.36. The maximum absolute atomic E-state index is 13.1. The molecule has 0 bridgehead atoms. The number of hydrogen-bond donors (Lipinski definition) is 1. The summed E-state index contributed by atoms with van der Waals surface area (Å²) in [5.74, 6) is 0.238. The molecule has 1 unspecified atom stereocenters. The van der Waals surface area contributed by atoms with E-state index in [-0.39, 0.29) is 22.8 Å². The number of carbonyl (C=O) groups is 2. The number of carboxylic acid groups (broad SMARTS) is 1. The number of piperidine rings is 1. The third-order valence-electron chi connectivity index (χ3n) is 5.61. The molecule has 2 aromatic rings. The highest BCUT2D eigenvalue weighted by Crippen LogP contribution is 2.39. The van der Waals surface area contributed by atoms with Gasteiger partial charge in [-0.2, -0.15) is 5.10 Å². The van der Waals surface area contributed by atoms with Crippen LogP contribution in [-0.4, -0.2) is 50.5 Å². The van der Waals surface area contributed by atoms with Gasteiger partial charge in [-0.3, -0.25) is 9.48 Å². The zero-order valence-corrected chi connectivity index (χ0v) is 16.1. The molecule has 3 heterocycles. The third kappa shape index (κ3) is 3.36. The Bertz CT molecular complexity index is 871. The molecular formula is C20H23N3O3S. The number of thioether (sulfide) groups is 1. The molecule has 1 N–H and O–H groups in total. The topological polar surface area (TPSA) is 75.4 Å². The number of carboxylic acids is 1. The van der Waals surface area contributed by atoms with E-state index < -0.39 is 5.97 Å². The van der Waals surface area contributed by atoms with Crippen LogP contribution in [0.1, 0.15) is 51.3 Å². The number of carbonyl (C=O) groups excluding carboxylic acids is 1. The van der Waals surface area contributed by atoms with E-state index in [1.54, 1.807) is 18.7 Å². The van der Waals surface area contributed by atoms with Crippen molar-refractivity contribution in [2.24, 2.45) is 0 Å². The van der Waals surface area contributed by atoms with Gasteiger partial charge in [0.15, 0.2) is 0 Å².